The fourth-order valence-electron chi connectivity index (χ4n) is 2.80. The predicted molar refractivity (Wildman–Crippen MR) is 95.4 cm³/mol. The number of aryl methyl sites for hydroxylation is 2. The van der Waals surface area contributed by atoms with Gasteiger partial charge in [0.2, 0.25) is 0 Å². The molecule has 0 aliphatic carbocycles. The molecule has 3 rings (SSSR count). The lowest BCUT2D eigenvalue weighted by Gasteiger charge is -2.21. The van der Waals surface area contributed by atoms with Gasteiger partial charge in [0.1, 0.15) is 19.0 Å². The van der Waals surface area contributed by atoms with Crippen LogP contribution in [0, 0.1) is 13.8 Å². The van der Waals surface area contributed by atoms with Gasteiger partial charge in [-0.2, -0.15) is 0 Å². The second-order valence-corrected chi connectivity index (χ2v) is 6.25. The third kappa shape index (κ3) is 4.24. The Bertz CT molecular complexity index is 772. The Morgan fingerprint density at radius 2 is 1.88 bits per heavy atom. The van der Waals surface area contributed by atoms with Gasteiger partial charge in [0.15, 0.2) is 18.1 Å². The van der Waals surface area contributed by atoms with Crippen molar-refractivity contribution >= 4 is 5.91 Å². The minimum Gasteiger partial charge on any atom is -0.486 e. The highest BCUT2D eigenvalue weighted by Gasteiger charge is 2.16. The Morgan fingerprint density at radius 3 is 2.64 bits per heavy atom. The zero-order valence-corrected chi connectivity index (χ0v) is 14.8. The van der Waals surface area contributed by atoms with Crippen LogP contribution in [0.4, 0.5) is 0 Å². The van der Waals surface area contributed by atoms with Gasteiger partial charge in [0.25, 0.3) is 5.91 Å². The molecule has 0 aromatic heterocycles. The van der Waals surface area contributed by atoms with Crippen LogP contribution >= 0.6 is 0 Å². The van der Waals surface area contributed by atoms with Gasteiger partial charge in [0, 0.05) is 0 Å². The van der Waals surface area contributed by atoms with E-state index in [1.807, 2.05) is 57.2 Å². The molecule has 0 fully saturated rings. The zero-order valence-electron chi connectivity index (χ0n) is 14.8. The summed E-state index contributed by atoms with van der Waals surface area (Å²) in [5, 5.41) is 2.94. The molecule has 2 aromatic carbocycles. The van der Waals surface area contributed by atoms with Crippen molar-refractivity contribution in [3.05, 3.63) is 53.1 Å². The summed E-state index contributed by atoms with van der Waals surface area (Å²) in [7, 11) is 0. The summed E-state index contributed by atoms with van der Waals surface area (Å²) in [6.45, 7) is 7.02. The zero-order chi connectivity index (χ0) is 17.8. The van der Waals surface area contributed by atoms with E-state index in [0.717, 1.165) is 28.4 Å². The molecule has 1 N–H and O–H groups in total. The van der Waals surface area contributed by atoms with Crippen molar-refractivity contribution in [3.63, 3.8) is 0 Å². The molecule has 0 unspecified atom stereocenters. The maximum atomic E-state index is 12.2. The van der Waals surface area contributed by atoms with Crippen LogP contribution in [0.1, 0.15) is 29.7 Å². The van der Waals surface area contributed by atoms with Gasteiger partial charge < -0.3 is 19.5 Å². The Hall–Kier alpha value is -2.69. The number of hydrogen-bond acceptors (Lipinski definition) is 4. The molecule has 1 heterocycles. The van der Waals surface area contributed by atoms with Crippen LogP contribution in [0.3, 0.4) is 0 Å². The average molecular weight is 341 g/mol. The molecule has 0 saturated heterocycles. The first-order valence-corrected chi connectivity index (χ1v) is 8.42. The Balaban J connectivity index is 1.57. The maximum Gasteiger partial charge on any atom is 0.258 e. The van der Waals surface area contributed by atoms with Gasteiger partial charge in [-0.05, 0) is 50.1 Å². The molecular formula is C20H23NO4. The van der Waals surface area contributed by atoms with E-state index < -0.39 is 0 Å². The van der Waals surface area contributed by atoms with Crippen LogP contribution in [0.5, 0.6) is 17.2 Å². The largest absolute Gasteiger partial charge is 0.486 e. The van der Waals surface area contributed by atoms with E-state index in [1.54, 1.807) is 0 Å². The van der Waals surface area contributed by atoms with Crippen LogP contribution in [0.2, 0.25) is 0 Å². The van der Waals surface area contributed by atoms with Crippen LogP contribution in [0.15, 0.2) is 36.4 Å². The van der Waals surface area contributed by atoms with Crippen molar-refractivity contribution < 1.29 is 19.0 Å². The summed E-state index contributed by atoms with van der Waals surface area (Å²) in [4.78, 5) is 12.2. The molecule has 5 nitrogen and oxygen atoms in total. The highest BCUT2D eigenvalue weighted by atomic mass is 16.6. The van der Waals surface area contributed by atoms with Crippen LogP contribution in [-0.4, -0.2) is 25.7 Å². The highest BCUT2D eigenvalue weighted by Crippen LogP contribution is 2.32. The van der Waals surface area contributed by atoms with Crippen LogP contribution in [-0.2, 0) is 4.79 Å². The number of ether oxygens (including phenoxy) is 3. The molecule has 0 bridgehead atoms. The Labute approximate surface area is 147 Å². The molecule has 2 aromatic rings. The van der Waals surface area contributed by atoms with E-state index in [0.29, 0.717) is 13.2 Å². The van der Waals surface area contributed by atoms with Crippen molar-refractivity contribution in [1.82, 2.24) is 5.32 Å². The molecule has 0 spiro atoms. The van der Waals surface area contributed by atoms with Crippen molar-refractivity contribution in [2.75, 3.05) is 19.8 Å². The lowest BCUT2D eigenvalue weighted by molar-refractivity contribution is -0.123. The number of carbonyl (C=O) groups excluding carboxylic acids is 1. The first-order chi connectivity index (χ1) is 12.0. The molecule has 1 aliphatic heterocycles. The number of rotatable bonds is 5. The molecule has 1 aliphatic rings. The van der Waals surface area contributed by atoms with E-state index in [4.69, 9.17) is 14.2 Å². The quantitative estimate of drug-likeness (QED) is 0.906. The fraction of sp³-hybridized carbons (Fsp3) is 0.350. The fourth-order valence-corrected chi connectivity index (χ4v) is 2.80. The van der Waals surface area contributed by atoms with Gasteiger partial charge in [-0.25, -0.2) is 0 Å². The van der Waals surface area contributed by atoms with Gasteiger partial charge in [0.05, 0.1) is 6.04 Å². The number of hydrogen-bond donors (Lipinski definition) is 1. The summed E-state index contributed by atoms with van der Waals surface area (Å²) in [5.41, 5.74) is 3.15. The van der Waals surface area contributed by atoms with Crippen LogP contribution < -0.4 is 19.5 Å². The Morgan fingerprint density at radius 1 is 1.12 bits per heavy atom. The summed E-state index contributed by atoms with van der Waals surface area (Å²) in [6.07, 6.45) is 0. The molecular weight excluding hydrogens is 318 g/mol. The number of benzene rings is 2. The average Bonchev–Trinajstić information content (AvgIpc) is 2.60. The van der Waals surface area contributed by atoms with E-state index in [2.05, 4.69) is 5.32 Å². The monoisotopic (exact) mass is 341 g/mol. The number of fused-ring (bicyclic) bond motifs is 1. The van der Waals surface area contributed by atoms with E-state index in [-0.39, 0.29) is 18.6 Å². The first kappa shape index (κ1) is 17.1. The third-order valence-electron chi connectivity index (χ3n) is 4.13. The second-order valence-electron chi connectivity index (χ2n) is 6.25. The lowest BCUT2D eigenvalue weighted by Crippen LogP contribution is -2.31. The van der Waals surface area contributed by atoms with Gasteiger partial charge in [-0.3, -0.25) is 4.79 Å². The topological polar surface area (TPSA) is 56.8 Å². The van der Waals surface area contributed by atoms with Crippen molar-refractivity contribution in [3.8, 4) is 17.2 Å². The number of nitrogens with one attached hydrogen (secondary N) is 1. The summed E-state index contributed by atoms with van der Waals surface area (Å²) >= 11 is 0. The van der Waals surface area contributed by atoms with E-state index in [9.17, 15) is 4.79 Å². The summed E-state index contributed by atoms with van der Waals surface area (Å²) in [6, 6.07) is 11.5. The van der Waals surface area contributed by atoms with E-state index >= 15 is 0 Å². The Kier molecular flexibility index (Phi) is 5.12. The first-order valence-electron chi connectivity index (χ1n) is 8.42. The summed E-state index contributed by atoms with van der Waals surface area (Å²) in [5.74, 6) is 2.03. The van der Waals surface area contributed by atoms with Crippen molar-refractivity contribution in [2.24, 2.45) is 0 Å². The second kappa shape index (κ2) is 7.47. The van der Waals surface area contributed by atoms with Gasteiger partial charge in [-0.1, -0.05) is 23.8 Å². The smallest absolute Gasteiger partial charge is 0.258 e. The molecule has 5 heteroatoms. The molecule has 132 valence electrons. The normalized spacial score (nSPS) is 13.9. The minimum atomic E-state index is -0.164. The van der Waals surface area contributed by atoms with Crippen molar-refractivity contribution in [1.29, 1.82) is 0 Å². The van der Waals surface area contributed by atoms with Crippen molar-refractivity contribution in [2.45, 2.75) is 26.8 Å². The van der Waals surface area contributed by atoms with Gasteiger partial charge >= 0.3 is 0 Å². The molecule has 1 amide bonds. The SMILES string of the molecule is Cc1ccc(OCC(=O)N[C@@H](C)c2ccc3c(c2)OCCO3)c(C)c1. The van der Waals surface area contributed by atoms with Gasteiger partial charge in [-0.15, -0.1) is 0 Å². The van der Waals surface area contributed by atoms with E-state index in [1.165, 1.54) is 5.56 Å². The summed E-state index contributed by atoms with van der Waals surface area (Å²) < 4.78 is 16.7. The molecule has 1 atom stereocenters. The molecule has 0 saturated carbocycles. The predicted octanol–water partition coefficient (Wildman–Crippen LogP) is 3.33. The number of carbonyl (C=O) groups is 1. The molecule has 25 heavy (non-hydrogen) atoms. The minimum absolute atomic E-state index is 0.0151. The maximum absolute atomic E-state index is 12.2. The van der Waals surface area contributed by atoms with Crippen LogP contribution in [0.25, 0.3) is 0 Å². The molecule has 0 radical (unpaired) electrons. The standard InChI is InChI=1S/C20H23NO4/c1-13-4-6-17(14(2)10-13)25-12-20(22)21-15(3)16-5-7-18-19(11-16)24-9-8-23-18/h4-7,10-11,15H,8-9,12H2,1-3H3,(H,21,22)/t15-/m0/s1. The third-order valence-corrected chi connectivity index (χ3v) is 4.13. The highest BCUT2D eigenvalue weighted by molar-refractivity contribution is 5.78. The number of amides is 1. The lowest BCUT2D eigenvalue weighted by atomic mass is 10.1.